The van der Waals surface area contributed by atoms with Crippen LogP contribution in [0.5, 0.6) is 0 Å². The predicted octanol–water partition coefficient (Wildman–Crippen LogP) is 5.34. The van der Waals surface area contributed by atoms with Crippen molar-refractivity contribution in [2.75, 3.05) is 5.32 Å². The molecule has 0 aromatic heterocycles. The number of halogens is 2. The van der Waals surface area contributed by atoms with Crippen molar-refractivity contribution < 1.29 is 18.4 Å². The zero-order valence-corrected chi connectivity index (χ0v) is 20.0. The molecule has 3 aromatic carbocycles. The Morgan fingerprint density at radius 3 is 2.24 bits per heavy atom. The molecule has 3 N–H and O–H groups in total. The highest BCUT2D eigenvalue weighted by Gasteiger charge is 2.23. The molecule has 1 atom stereocenters. The fourth-order valence-corrected chi connectivity index (χ4v) is 3.72. The molecule has 0 heterocycles. The highest BCUT2D eigenvalue weighted by atomic mass is 32.2. The SMILES string of the molecule is CC(C)(C)NSc1ccc(NC(=O)C(Cc2ccccc2)NC(=O)c2ccc(F)cc2)c(F)c1. The zero-order valence-electron chi connectivity index (χ0n) is 19.2. The van der Waals surface area contributed by atoms with Crippen LogP contribution in [0.15, 0.2) is 77.7 Å². The van der Waals surface area contributed by atoms with E-state index < -0.39 is 29.5 Å². The summed E-state index contributed by atoms with van der Waals surface area (Å²) in [7, 11) is 0. The van der Waals surface area contributed by atoms with Crippen LogP contribution >= 0.6 is 11.9 Å². The molecule has 3 rings (SSSR count). The van der Waals surface area contributed by atoms with Gasteiger partial charge in [0.1, 0.15) is 17.7 Å². The van der Waals surface area contributed by atoms with Gasteiger partial charge >= 0.3 is 0 Å². The average molecular weight is 484 g/mol. The molecule has 3 aromatic rings. The standard InChI is InChI=1S/C26H27F2N3O2S/c1-26(2,3)31-34-20-13-14-22(21(28)16-20)29-25(33)23(15-17-7-5-4-6-8-17)30-24(32)18-9-11-19(27)12-10-18/h4-14,16,23,31H,15H2,1-3H3,(H,29,33)(H,30,32). The molecule has 0 bridgehead atoms. The number of hydrogen-bond acceptors (Lipinski definition) is 4. The highest BCUT2D eigenvalue weighted by molar-refractivity contribution is 7.97. The molecule has 0 aliphatic rings. The molecule has 0 saturated heterocycles. The van der Waals surface area contributed by atoms with Gasteiger partial charge in [0.2, 0.25) is 5.91 Å². The van der Waals surface area contributed by atoms with Crippen LogP contribution in [0.2, 0.25) is 0 Å². The third kappa shape index (κ3) is 7.67. The molecule has 0 fully saturated rings. The first-order chi connectivity index (χ1) is 16.1. The van der Waals surface area contributed by atoms with Gasteiger partial charge in [-0.2, -0.15) is 0 Å². The second-order valence-corrected chi connectivity index (χ2v) is 9.69. The topological polar surface area (TPSA) is 70.2 Å². The molecule has 0 saturated carbocycles. The lowest BCUT2D eigenvalue weighted by Crippen LogP contribution is -2.45. The van der Waals surface area contributed by atoms with Gasteiger partial charge in [0, 0.05) is 22.4 Å². The number of rotatable bonds is 8. The number of carbonyl (C=O) groups excluding carboxylic acids is 2. The Balaban J connectivity index is 1.75. The van der Waals surface area contributed by atoms with Gasteiger partial charge in [-0.25, -0.2) is 8.78 Å². The molecule has 178 valence electrons. The van der Waals surface area contributed by atoms with Gasteiger partial charge in [-0.3, -0.25) is 14.3 Å². The number of anilines is 1. The molecule has 2 amide bonds. The third-order valence-corrected chi connectivity index (χ3v) is 5.89. The van der Waals surface area contributed by atoms with E-state index in [4.69, 9.17) is 0 Å². The quantitative estimate of drug-likeness (QED) is 0.378. The van der Waals surface area contributed by atoms with Crippen molar-refractivity contribution in [2.24, 2.45) is 0 Å². The molecule has 5 nitrogen and oxygen atoms in total. The van der Waals surface area contributed by atoms with Crippen molar-refractivity contribution in [3.63, 3.8) is 0 Å². The molecule has 0 aliphatic heterocycles. The predicted molar refractivity (Wildman–Crippen MR) is 132 cm³/mol. The third-order valence-electron chi connectivity index (χ3n) is 4.68. The molecule has 0 aliphatic carbocycles. The van der Waals surface area contributed by atoms with Crippen molar-refractivity contribution in [2.45, 2.75) is 43.7 Å². The minimum absolute atomic E-state index is 0.0131. The van der Waals surface area contributed by atoms with Gasteiger partial charge < -0.3 is 10.6 Å². The second-order valence-electron chi connectivity index (χ2n) is 8.81. The first-order valence-corrected chi connectivity index (χ1v) is 11.6. The zero-order chi connectivity index (χ0) is 24.7. The maximum Gasteiger partial charge on any atom is 0.251 e. The maximum atomic E-state index is 14.7. The van der Waals surface area contributed by atoms with Crippen LogP contribution in [-0.2, 0) is 11.2 Å². The van der Waals surface area contributed by atoms with E-state index in [2.05, 4.69) is 15.4 Å². The van der Waals surface area contributed by atoms with Gasteiger partial charge in [0.25, 0.3) is 5.91 Å². The van der Waals surface area contributed by atoms with E-state index in [9.17, 15) is 18.4 Å². The van der Waals surface area contributed by atoms with Crippen molar-refractivity contribution in [1.29, 1.82) is 0 Å². The van der Waals surface area contributed by atoms with Gasteiger partial charge in [-0.1, -0.05) is 30.3 Å². The summed E-state index contributed by atoms with van der Waals surface area (Å²) in [4.78, 5) is 26.4. The Labute approximate surface area is 202 Å². The van der Waals surface area contributed by atoms with E-state index in [0.29, 0.717) is 4.90 Å². The summed E-state index contributed by atoms with van der Waals surface area (Å²) < 4.78 is 31.1. The lowest BCUT2D eigenvalue weighted by molar-refractivity contribution is -0.118. The molecular formula is C26H27F2N3O2S. The first kappa shape index (κ1) is 25.4. The van der Waals surface area contributed by atoms with Crippen LogP contribution in [0, 0.1) is 11.6 Å². The molecular weight excluding hydrogens is 456 g/mol. The number of amides is 2. The van der Waals surface area contributed by atoms with Crippen LogP contribution in [-0.4, -0.2) is 23.4 Å². The Bertz CT molecular complexity index is 1130. The van der Waals surface area contributed by atoms with E-state index >= 15 is 0 Å². The smallest absolute Gasteiger partial charge is 0.251 e. The highest BCUT2D eigenvalue weighted by Crippen LogP contribution is 2.24. The van der Waals surface area contributed by atoms with Crippen molar-refractivity contribution >= 4 is 29.4 Å². The summed E-state index contributed by atoms with van der Waals surface area (Å²) in [5.41, 5.74) is 0.898. The lowest BCUT2D eigenvalue weighted by atomic mass is 10.0. The maximum absolute atomic E-state index is 14.7. The fourth-order valence-electron chi connectivity index (χ4n) is 2.99. The number of benzene rings is 3. The van der Waals surface area contributed by atoms with Gasteiger partial charge in [0.05, 0.1) is 5.69 Å². The monoisotopic (exact) mass is 483 g/mol. The van der Waals surface area contributed by atoms with Crippen LogP contribution < -0.4 is 15.4 Å². The Morgan fingerprint density at radius 1 is 0.941 bits per heavy atom. The summed E-state index contributed by atoms with van der Waals surface area (Å²) in [6.45, 7) is 5.99. The molecule has 0 radical (unpaired) electrons. The average Bonchev–Trinajstić information content (AvgIpc) is 2.79. The summed E-state index contributed by atoms with van der Waals surface area (Å²) in [5, 5.41) is 5.26. The summed E-state index contributed by atoms with van der Waals surface area (Å²) in [6.07, 6.45) is 0.199. The minimum atomic E-state index is -0.976. The van der Waals surface area contributed by atoms with Crippen molar-refractivity contribution in [3.8, 4) is 0 Å². The van der Waals surface area contributed by atoms with Crippen LogP contribution in [0.25, 0.3) is 0 Å². The van der Waals surface area contributed by atoms with Crippen molar-refractivity contribution in [1.82, 2.24) is 10.0 Å². The van der Waals surface area contributed by atoms with E-state index in [-0.39, 0.29) is 23.2 Å². The first-order valence-electron chi connectivity index (χ1n) is 10.8. The van der Waals surface area contributed by atoms with E-state index in [1.165, 1.54) is 48.3 Å². The molecule has 8 heteroatoms. The van der Waals surface area contributed by atoms with Crippen LogP contribution in [0.3, 0.4) is 0 Å². The molecule has 1 unspecified atom stereocenters. The second kappa shape index (κ2) is 11.3. The normalized spacial score (nSPS) is 12.1. The van der Waals surface area contributed by atoms with Gasteiger partial charge in [-0.05, 0) is 80.7 Å². The van der Waals surface area contributed by atoms with Crippen LogP contribution in [0.4, 0.5) is 14.5 Å². The minimum Gasteiger partial charge on any atom is -0.340 e. The Hall–Kier alpha value is -3.23. The number of nitrogens with one attached hydrogen (secondary N) is 3. The molecule has 0 spiro atoms. The van der Waals surface area contributed by atoms with Gasteiger partial charge in [-0.15, -0.1) is 0 Å². The van der Waals surface area contributed by atoms with Crippen molar-refractivity contribution in [3.05, 3.63) is 95.6 Å². The van der Waals surface area contributed by atoms with E-state index in [1.807, 2.05) is 51.1 Å². The van der Waals surface area contributed by atoms with Gasteiger partial charge in [0.15, 0.2) is 0 Å². The Morgan fingerprint density at radius 2 is 1.62 bits per heavy atom. The Kier molecular flexibility index (Phi) is 8.41. The van der Waals surface area contributed by atoms with E-state index in [0.717, 1.165) is 5.56 Å². The summed E-state index contributed by atoms with van der Waals surface area (Å²) >= 11 is 1.30. The fraction of sp³-hybridized carbons (Fsp3) is 0.231. The summed E-state index contributed by atoms with van der Waals surface area (Å²) in [5.74, 6) is -2.15. The van der Waals surface area contributed by atoms with Crippen LogP contribution in [0.1, 0.15) is 36.7 Å². The van der Waals surface area contributed by atoms with E-state index in [1.54, 1.807) is 6.07 Å². The lowest BCUT2D eigenvalue weighted by Gasteiger charge is -2.20. The largest absolute Gasteiger partial charge is 0.340 e. The number of carbonyl (C=O) groups is 2. The summed E-state index contributed by atoms with van der Waals surface area (Å²) in [6, 6.07) is 17.7. The number of hydrogen-bond donors (Lipinski definition) is 3. The molecule has 34 heavy (non-hydrogen) atoms.